The van der Waals surface area contributed by atoms with E-state index in [2.05, 4.69) is 77.6 Å². The minimum absolute atomic E-state index is 0.759. The summed E-state index contributed by atoms with van der Waals surface area (Å²) < 4.78 is 2.16. The Morgan fingerprint density at radius 3 is 2.71 bits per heavy atom. The van der Waals surface area contributed by atoms with Gasteiger partial charge in [-0.2, -0.15) is 0 Å². The molecule has 0 bridgehead atoms. The maximum absolute atomic E-state index is 6.31. The Hall–Kier alpha value is -2.30. The van der Waals surface area contributed by atoms with Gasteiger partial charge in [0.15, 0.2) is 0 Å². The molecule has 0 aliphatic carbocycles. The van der Waals surface area contributed by atoms with Crippen LogP contribution in [0.3, 0.4) is 0 Å². The van der Waals surface area contributed by atoms with Crippen LogP contribution < -0.4 is 5.32 Å². The van der Waals surface area contributed by atoms with E-state index in [1.807, 2.05) is 23.9 Å². The smallest absolute Gasteiger partial charge is 0.0964 e. The first kappa shape index (κ1) is 19.0. The van der Waals surface area contributed by atoms with Crippen molar-refractivity contribution in [2.24, 2.45) is 7.05 Å². The van der Waals surface area contributed by atoms with Crippen LogP contribution in [-0.2, 0) is 13.6 Å². The molecule has 2 aromatic heterocycles. The molecule has 2 N–H and O–H groups in total. The highest BCUT2D eigenvalue weighted by Crippen LogP contribution is 2.41. The molecule has 0 unspecified atom stereocenters. The SMILES string of the molecule is CCCSc1[nH]cc(-c2cn(C)c3ccc(Cl)cc23)c1NCc1ccccc1. The Morgan fingerprint density at radius 1 is 1.11 bits per heavy atom. The zero-order chi connectivity index (χ0) is 19.5. The molecule has 4 rings (SSSR count). The van der Waals surface area contributed by atoms with Crippen LogP contribution in [0.15, 0.2) is 66.0 Å². The monoisotopic (exact) mass is 409 g/mol. The number of hydrogen-bond acceptors (Lipinski definition) is 2. The first-order valence-corrected chi connectivity index (χ1v) is 10.9. The Balaban J connectivity index is 1.76. The summed E-state index contributed by atoms with van der Waals surface area (Å²) in [6, 6.07) is 16.6. The van der Waals surface area contributed by atoms with Crippen molar-refractivity contribution in [3.63, 3.8) is 0 Å². The van der Waals surface area contributed by atoms with Gasteiger partial charge in [0.25, 0.3) is 0 Å². The van der Waals surface area contributed by atoms with Crippen molar-refractivity contribution >= 4 is 40.0 Å². The number of nitrogens with one attached hydrogen (secondary N) is 2. The number of aromatic nitrogens is 2. The lowest BCUT2D eigenvalue weighted by atomic mass is 10.1. The summed E-state index contributed by atoms with van der Waals surface area (Å²) >= 11 is 8.17. The molecule has 0 saturated heterocycles. The maximum Gasteiger partial charge on any atom is 0.0964 e. The molecular weight excluding hydrogens is 386 g/mol. The molecular formula is C23H24ClN3S. The Kier molecular flexibility index (Phi) is 5.69. The number of aromatic amines is 1. The third kappa shape index (κ3) is 3.80. The van der Waals surface area contributed by atoms with Gasteiger partial charge in [0.1, 0.15) is 0 Å². The molecule has 0 amide bonds. The van der Waals surface area contributed by atoms with Gasteiger partial charge in [-0.3, -0.25) is 0 Å². The summed E-state index contributed by atoms with van der Waals surface area (Å²) in [6.45, 7) is 3.00. The zero-order valence-corrected chi connectivity index (χ0v) is 17.7. The van der Waals surface area contributed by atoms with Crippen LogP contribution in [-0.4, -0.2) is 15.3 Å². The highest BCUT2D eigenvalue weighted by molar-refractivity contribution is 7.99. The van der Waals surface area contributed by atoms with Gasteiger partial charge < -0.3 is 14.9 Å². The van der Waals surface area contributed by atoms with Gasteiger partial charge >= 0.3 is 0 Å². The predicted molar refractivity (Wildman–Crippen MR) is 122 cm³/mol. The van der Waals surface area contributed by atoms with Crippen LogP contribution >= 0.6 is 23.4 Å². The van der Waals surface area contributed by atoms with E-state index in [-0.39, 0.29) is 0 Å². The molecule has 0 radical (unpaired) electrons. The maximum atomic E-state index is 6.31. The summed E-state index contributed by atoms with van der Waals surface area (Å²) in [6.07, 6.45) is 5.44. The molecule has 4 aromatic rings. The van der Waals surface area contributed by atoms with E-state index >= 15 is 0 Å². The van der Waals surface area contributed by atoms with Gasteiger partial charge in [-0.1, -0.05) is 48.9 Å². The summed E-state index contributed by atoms with van der Waals surface area (Å²) in [5.74, 6) is 1.08. The van der Waals surface area contributed by atoms with E-state index in [9.17, 15) is 0 Å². The van der Waals surface area contributed by atoms with E-state index in [1.165, 1.54) is 32.6 Å². The lowest BCUT2D eigenvalue weighted by Gasteiger charge is -2.11. The van der Waals surface area contributed by atoms with Crippen LogP contribution in [0.5, 0.6) is 0 Å². The third-order valence-corrected chi connectivity index (χ3v) is 6.31. The van der Waals surface area contributed by atoms with Crippen molar-refractivity contribution in [1.82, 2.24) is 9.55 Å². The zero-order valence-electron chi connectivity index (χ0n) is 16.1. The van der Waals surface area contributed by atoms with E-state index in [0.717, 1.165) is 29.4 Å². The summed E-state index contributed by atoms with van der Waals surface area (Å²) in [5, 5.41) is 6.80. The molecule has 0 aliphatic heterocycles. The minimum atomic E-state index is 0.759. The summed E-state index contributed by atoms with van der Waals surface area (Å²) in [7, 11) is 2.08. The van der Waals surface area contributed by atoms with Crippen molar-refractivity contribution in [2.75, 3.05) is 11.1 Å². The van der Waals surface area contributed by atoms with Gasteiger partial charge in [0, 0.05) is 53.0 Å². The standard InChI is InChI=1S/C23H24ClN3S/c1-3-11-28-23-22(25-13-16-7-5-4-6-8-16)19(14-26-23)20-15-27(2)21-10-9-17(24)12-18(20)21/h4-10,12,14-15,25-26H,3,11,13H2,1-2H3. The van der Waals surface area contributed by atoms with Crippen LogP contribution in [0, 0.1) is 0 Å². The summed E-state index contributed by atoms with van der Waals surface area (Å²) in [5.41, 5.74) is 5.98. The molecule has 144 valence electrons. The molecule has 0 saturated carbocycles. The quantitative estimate of drug-likeness (QED) is 0.324. The van der Waals surface area contributed by atoms with Crippen LogP contribution in [0.4, 0.5) is 5.69 Å². The summed E-state index contributed by atoms with van der Waals surface area (Å²) in [4.78, 5) is 3.49. The second-order valence-corrected chi connectivity index (χ2v) is 8.45. The van der Waals surface area contributed by atoms with E-state index in [0.29, 0.717) is 0 Å². The Labute approximate surface area is 175 Å². The number of anilines is 1. The van der Waals surface area contributed by atoms with Crippen molar-refractivity contribution in [2.45, 2.75) is 24.9 Å². The number of thioether (sulfide) groups is 1. The lowest BCUT2D eigenvalue weighted by Crippen LogP contribution is -2.00. The average molecular weight is 410 g/mol. The van der Waals surface area contributed by atoms with E-state index < -0.39 is 0 Å². The molecule has 2 heterocycles. The second-order valence-electron chi connectivity index (χ2n) is 6.91. The Morgan fingerprint density at radius 2 is 1.93 bits per heavy atom. The normalized spacial score (nSPS) is 11.2. The second kappa shape index (κ2) is 8.38. The first-order valence-electron chi connectivity index (χ1n) is 9.54. The number of benzene rings is 2. The van der Waals surface area contributed by atoms with Gasteiger partial charge in [-0.25, -0.2) is 0 Å². The Bertz CT molecular complexity index is 1080. The largest absolute Gasteiger partial charge is 0.378 e. The van der Waals surface area contributed by atoms with Crippen molar-refractivity contribution in [3.05, 3.63) is 71.5 Å². The number of fused-ring (bicyclic) bond motifs is 1. The van der Waals surface area contributed by atoms with E-state index in [4.69, 9.17) is 11.6 Å². The fourth-order valence-electron chi connectivity index (χ4n) is 3.48. The fourth-order valence-corrected chi connectivity index (χ4v) is 4.52. The molecule has 0 atom stereocenters. The molecule has 28 heavy (non-hydrogen) atoms. The topological polar surface area (TPSA) is 32.8 Å². The average Bonchev–Trinajstić information content (AvgIpc) is 3.25. The third-order valence-electron chi connectivity index (χ3n) is 4.85. The molecule has 0 aliphatic rings. The molecule has 5 heteroatoms. The first-order chi connectivity index (χ1) is 13.7. The molecule has 0 spiro atoms. The van der Waals surface area contributed by atoms with Gasteiger partial charge in [-0.15, -0.1) is 11.8 Å². The van der Waals surface area contributed by atoms with Crippen LogP contribution in [0.25, 0.3) is 22.0 Å². The highest BCUT2D eigenvalue weighted by Gasteiger charge is 2.17. The number of halogens is 1. The number of H-pyrrole nitrogens is 1. The van der Waals surface area contributed by atoms with Crippen LogP contribution in [0.1, 0.15) is 18.9 Å². The number of rotatable bonds is 7. The van der Waals surface area contributed by atoms with Gasteiger partial charge in [0.2, 0.25) is 0 Å². The van der Waals surface area contributed by atoms with Crippen molar-refractivity contribution in [1.29, 1.82) is 0 Å². The van der Waals surface area contributed by atoms with Gasteiger partial charge in [0.05, 0.1) is 10.7 Å². The lowest BCUT2D eigenvalue weighted by molar-refractivity contribution is 0.970. The minimum Gasteiger partial charge on any atom is -0.378 e. The fraction of sp³-hybridized carbons (Fsp3) is 0.217. The van der Waals surface area contributed by atoms with E-state index in [1.54, 1.807) is 0 Å². The predicted octanol–water partition coefficient (Wildman–Crippen LogP) is 6.94. The molecule has 0 fully saturated rings. The molecule has 3 nitrogen and oxygen atoms in total. The number of hydrogen-bond donors (Lipinski definition) is 2. The van der Waals surface area contributed by atoms with Gasteiger partial charge in [-0.05, 0) is 35.9 Å². The molecule has 2 aromatic carbocycles. The number of nitrogens with zero attached hydrogens (tertiary/aromatic N) is 1. The highest BCUT2D eigenvalue weighted by atomic mass is 35.5. The van der Waals surface area contributed by atoms with Crippen molar-refractivity contribution in [3.8, 4) is 11.1 Å². The number of aryl methyl sites for hydroxylation is 1. The van der Waals surface area contributed by atoms with Crippen LogP contribution in [0.2, 0.25) is 5.02 Å². The van der Waals surface area contributed by atoms with Crippen molar-refractivity contribution < 1.29 is 0 Å².